The van der Waals surface area contributed by atoms with Crippen molar-refractivity contribution in [2.24, 2.45) is 0 Å². The van der Waals surface area contributed by atoms with Gasteiger partial charge in [0.05, 0.1) is 15.8 Å². The summed E-state index contributed by atoms with van der Waals surface area (Å²) in [6, 6.07) is 10.1. The van der Waals surface area contributed by atoms with Gasteiger partial charge in [-0.3, -0.25) is 0 Å². The Hall–Kier alpha value is -2.38. The molecule has 0 saturated carbocycles. The van der Waals surface area contributed by atoms with Gasteiger partial charge in [0.25, 0.3) is 0 Å². The molecule has 0 N–H and O–H groups in total. The van der Waals surface area contributed by atoms with Gasteiger partial charge in [0.15, 0.2) is 5.13 Å². The van der Waals surface area contributed by atoms with Crippen molar-refractivity contribution < 1.29 is 17.9 Å². The smallest absolute Gasteiger partial charge is 0.385 e. The van der Waals surface area contributed by atoms with Crippen LogP contribution in [0.15, 0.2) is 43.0 Å². The maximum Gasteiger partial charge on any atom is 0.416 e. The van der Waals surface area contributed by atoms with E-state index in [4.69, 9.17) is 4.74 Å². The molecule has 0 saturated heterocycles. The van der Waals surface area contributed by atoms with Gasteiger partial charge in [-0.2, -0.15) is 13.2 Å². The normalized spacial score (nSPS) is 11.3. The number of hydrogen-bond donors (Lipinski definition) is 0. The molecule has 0 aliphatic carbocycles. The van der Waals surface area contributed by atoms with Gasteiger partial charge in [0, 0.05) is 26.8 Å². The molecule has 0 bridgehead atoms. The number of aryl methyl sites for hydroxylation is 1. The highest BCUT2D eigenvalue weighted by atomic mass is 32.1. The summed E-state index contributed by atoms with van der Waals surface area (Å²) in [7, 11) is 1.66. The molecule has 0 aliphatic rings. The molecule has 0 amide bonds. The van der Waals surface area contributed by atoms with Crippen molar-refractivity contribution in [1.29, 1.82) is 0 Å². The lowest BCUT2D eigenvalue weighted by atomic mass is 9.99. The lowest BCUT2D eigenvalue weighted by Gasteiger charge is -2.22. The van der Waals surface area contributed by atoms with E-state index in [1.165, 1.54) is 34.6 Å². The van der Waals surface area contributed by atoms with Crippen molar-refractivity contribution in [3.05, 3.63) is 65.2 Å². The van der Waals surface area contributed by atoms with Crippen molar-refractivity contribution in [3.8, 4) is 0 Å². The first kappa shape index (κ1) is 26.9. The van der Waals surface area contributed by atoms with Crippen LogP contribution < -0.4 is 4.90 Å². The van der Waals surface area contributed by atoms with Crippen molar-refractivity contribution in [1.82, 2.24) is 4.98 Å². The predicted molar refractivity (Wildman–Crippen MR) is 134 cm³/mol. The third kappa shape index (κ3) is 7.30. The minimum atomic E-state index is -4.36. The summed E-state index contributed by atoms with van der Waals surface area (Å²) in [5.74, 6) is 0. The fourth-order valence-electron chi connectivity index (χ4n) is 3.55. The van der Waals surface area contributed by atoms with Crippen LogP contribution >= 0.6 is 11.3 Å². The molecule has 3 aromatic rings. The number of ether oxygens (including phenoxy) is 1. The number of fused-ring (bicyclic) bond motifs is 1. The van der Waals surface area contributed by atoms with Crippen LogP contribution in [-0.2, 0) is 17.3 Å². The molecule has 180 valence electrons. The largest absolute Gasteiger partial charge is 0.416 e. The SMILES string of the molecule is C=C(C)c1ccc(CCN(CCCOC)c2nc3ccc(C(F)(F)F)cc3s2)cc1C.CC. The van der Waals surface area contributed by atoms with Crippen molar-refractivity contribution in [3.63, 3.8) is 0 Å². The van der Waals surface area contributed by atoms with Crippen LogP contribution in [0.4, 0.5) is 18.3 Å². The molecule has 7 heteroatoms. The zero-order valence-electron chi connectivity index (χ0n) is 20.1. The number of halogens is 3. The number of thiazole rings is 1. The fraction of sp³-hybridized carbons (Fsp3) is 0.423. The number of methoxy groups -OCH3 is 1. The highest BCUT2D eigenvalue weighted by molar-refractivity contribution is 7.22. The van der Waals surface area contributed by atoms with Gasteiger partial charge < -0.3 is 9.64 Å². The Morgan fingerprint density at radius 1 is 1.12 bits per heavy atom. The number of benzene rings is 2. The number of hydrogen-bond acceptors (Lipinski definition) is 4. The second kappa shape index (κ2) is 12.2. The number of rotatable bonds is 9. The van der Waals surface area contributed by atoms with E-state index in [9.17, 15) is 13.2 Å². The minimum Gasteiger partial charge on any atom is -0.385 e. The van der Waals surface area contributed by atoms with E-state index in [1.807, 2.05) is 20.8 Å². The quantitative estimate of drug-likeness (QED) is 0.294. The maximum absolute atomic E-state index is 13.1. The molecule has 0 radical (unpaired) electrons. The lowest BCUT2D eigenvalue weighted by molar-refractivity contribution is -0.137. The first-order chi connectivity index (χ1) is 15.7. The average molecular weight is 479 g/mol. The summed E-state index contributed by atoms with van der Waals surface area (Å²) < 4.78 is 44.9. The Morgan fingerprint density at radius 2 is 1.85 bits per heavy atom. The average Bonchev–Trinajstić information content (AvgIpc) is 3.20. The van der Waals surface area contributed by atoms with E-state index in [0.717, 1.165) is 48.3 Å². The molecule has 2 aromatic carbocycles. The Morgan fingerprint density at radius 3 is 2.45 bits per heavy atom. The maximum atomic E-state index is 13.1. The van der Waals surface area contributed by atoms with Gasteiger partial charge in [-0.25, -0.2) is 4.98 Å². The van der Waals surface area contributed by atoms with Crippen LogP contribution in [0, 0.1) is 6.92 Å². The van der Waals surface area contributed by atoms with E-state index in [2.05, 4.69) is 41.6 Å². The number of allylic oxidation sites excluding steroid dienone is 1. The van der Waals surface area contributed by atoms with E-state index in [0.29, 0.717) is 16.8 Å². The number of alkyl halides is 3. The van der Waals surface area contributed by atoms with E-state index in [-0.39, 0.29) is 0 Å². The fourth-order valence-corrected chi connectivity index (χ4v) is 4.61. The number of nitrogens with zero attached hydrogens (tertiary/aromatic N) is 2. The number of anilines is 1. The van der Waals surface area contributed by atoms with Crippen LogP contribution in [0.2, 0.25) is 0 Å². The topological polar surface area (TPSA) is 25.4 Å². The summed E-state index contributed by atoms with van der Waals surface area (Å²) >= 11 is 1.30. The van der Waals surface area contributed by atoms with Crippen LogP contribution in [0.3, 0.4) is 0 Å². The van der Waals surface area contributed by atoms with Gasteiger partial charge in [-0.15, -0.1) is 0 Å². The second-order valence-corrected chi connectivity index (χ2v) is 8.70. The second-order valence-electron chi connectivity index (χ2n) is 7.69. The molecule has 0 spiro atoms. The van der Waals surface area contributed by atoms with E-state index < -0.39 is 11.7 Å². The third-order valence-electron chi connectivity index (χ3n) is 5.17. The zero-order valence-corrected chi connectivity index (χ0v) is 20.9. The van der Waals surface area contributed by atoms with Crippen molar-refractivity contribution >= 4 is 32.3 Å². The van der Waals surface area contributed by atoms with Crippen LogP contribution in [0.5, 0.6) is 0 Å². The molecule has 33 heavy (non-hydrogen) atoms. The van der Waals surface area contributed by atoms with E-state index in [1.54, 1.807) is 7.11 Å². The summed E-state index contributed by atoms with van der Waals surface area (Å²) in [5, 5.41) is 0.737. The highest BCUT2D eigenvalue weighted by Gasteiger charge is 2.30. The Balaban J connectivity index is 0.00000187. The molecule has 3 rings (SSSR count). The van der Waals surface area contributed by atoms with Gasteiger partial charge in [0.1, 0.15) is 0 Å². The van der Waals surface area contributed by atoms with Gasteiger partial charge in [-0.1, -0.05) is 55.5 Å². The lowest BCUT2D eigenvalue weighted by Crippen LogP contribution is -2.27. The molecule has 3 nitrogen and oxygen atoms in total. The molecular weight excluding hydrogens is 445 g/mol. The summed E-state index contributed by atoms with van der Waals surface area (Å²) in [6.07, 6.45) is -2.73. The van der Waals surface area contributed by atoms with E-state index >= 15 is 0 Å². The Labute approximate surface area is 198 Å². The molecule has 1 heterocycles. The minimum absolute atomic E-state index is 0.545. The summed E-state index contributed by atoms with van der Waals surface area (Å²) in [6.45, 7) is 14.2. The monoisotopic (exact) mass is 478 g/mol. The summed E-state index contributed by atoms with van der Waals surface area (Å²) in [5.41, 5.74) is 4.54. The van der Waals surface area contributed by atoms with Gasteiger partial charge >= 0.3 is 6.18 Å². The summed E-state index contributed by atoms with van der Waals surface area (Å²) in [4.78, 5) is 6.74. The molecular formula is C26H33F3N2OS. The highest BCUT2D eigenvalue weighted by Crippen LogP contribution is 2.35. The third-order valence-corrected chi connectivity index (χ3v) is 6.25. The molecule has 0 atom stereocenters. The zero-order chi connectivity index (χ0) is 24.6. The standard InChI is InChI=1S/C24H27F3N2OS.C2H6/c1-16(2)20-8-6-18(14-17(20)3)10-12-29(11-5-13-30-4)23-28-21-9-7-19(24(25,26)27)15-22(21)31-23;1-2/h6-9,14-15H,1,5,10-13H2,2-4H3;1-2H3. The molecule has 0 aliphatic heterocycles. The van der Waals surface area contributed by atoms with Crippen LogP contribution in [-0.4, -0.2) is 31.8 Å². The van der Waals surface area contributed by atoms with Crippen LogP contribution in [0.25, 0.3) is 15.8 Å². The Kier molecular flexibility index (Phi) is 9.92. The molecule has 1 aromatic heterocycles. The molecule has 0 fully saturated rings. The number of aromatic nitrogens is 1. The predicted octanol–water partition coefficient (Wildman–Crippen LogP) is 7.77. The molecule has 0 unspecified atom stereocenters. The Bertz CT molecular complexity index is 1060. The van der Waals surface area contributed by atoms with Crippen molar-refractivity contribution in [2.75, 3.05) is 31.7 Å². The van der Waals surface area contributed by atoms with Gasteiger partial charge in [0.2, 0.25) is 0 Å². The van der Waals surface area contributed by atoms with Gasteiger partial charge in [-0.05, 0) is 61.6 Å². The van der Waals surface area contributed by atoms with Crippen LogP contribution in [0.1, 0.15) is 49.4 Å². The van der Waals surface area contributed by atoms with Crippen molar-refractivity contribution in [2.45, 2.75) is 46.7 Å². The first-order valence-corrected chi connectivity index (χ1v) is 12.0. The first-order valence-electron chi connectivity index (χ1n) is 11.2.